The molecule has 1 aromatic heterocycles. The number of aromatic nitrogens is 2. The van der Waals surface area contributed by atoms with Gasteiger partial charge in [-0.25, -0.2) is 4.99 Å². The van der Waals surface area contributed by atoms with Gasteiger partial charge in [0.1, 0.15) is 18.5 Å². The first-order valence-corrected chi connectivity index (χ1v) is 10.4. The lowest BCUT2D eigenvalue weighted by molar-refractivity contribution is -0.00805. The molecule has 1 saturated heterocycles. The average Bonchev–Trinajstić information content (AvgIpc) is 3.17. The molecular formula is C22H33N5O2. The zero-order valence-corrected chi connectivity index (χ0v) is 18.0. The average molecular weight is 400 g/mol. The highest BCUT2D eigenvalue weighted by atomic mass is 16.5. The van der Waals surface area contributed by atoms with Gasteiger partial charge in [0.15, 0.2) is 5.96 Å². The lowest BCUT2D eigenvalue weighted by Crippen LogP contribution is -2.48. The number of guanidine groups is 1. The molecule has 2 heterocycles. The number of morpholine rings is 1. The monoisotopic (exact) mass is 399 g/mol. The molecule has 1 fully saturated rings. The smallest absolute Gasteiger partial charge is 0.194 e. The third-order valence-electron chi connectivity index (χ3n) is 4.97. The van der Waals surface area contributed by atoms with E-state index < -0.39 is 0 Å². The summed E-state index contributed by atoms with van der Waals surface area (Å²) >= 11 is 0. The van der Waals surface area contributed by atoms with Crippen LogP contribution in [0.2, 0.25) is 0 Å². The van der Waals surface area contributed by atoms with Gasteiger partial charge in [-0.05, 0) is 30.5 Å². The first-order chi connectivity index (χ1) is 14.1. The summed E-state index contributed by atoms with van der Waals surface area (Å²) in [6.07, 6.45) is 3.89. The molecule has 7 nitrogen and oxygen atoms in total. The number of nitrogens with zero attached hydrogens (tertiary/aromatic N) is 4. The summed E-state index contributed by atoms with van der Waals surface area (Å²) in [6, 6.07) is 8.31. The molecule has 1 aliphatic rings. The molecule has 158 valence electrons. The SMILES string of the molecule is CCNC(=NCCOc1ccc(C(C)C)cc1)N1CCOC(c2cnn(C)c2)C1. The summed E-state index contributed by atoms with van der Waals surface area (Å²) in [7, 11) is 1.92. The van der Waals surface area contributed by atoms with E-state index in [0.29, 0.717) is 25.7 Å². The zero-order valence-electron chi connectivity index (χ0n) is 18.0. The van der Waals surface area contributed by atoms with Gasteiger partial charge in [0.25, 0.3) is 0 Å². The number of aliphatic imine (C=N–C) groups is 1. The van der Waals surface area contributed by atoms with Gasteiger partial charge in [-0.2, -0.15) is 5.10 Å². The number of hydrogen-bond acceptors (Lipinski definition) is 4. The van der Waals surface area contributed by atoms with E-state index in [1.807, 2.05) is 36.3 Å². The van der Waals surface area contributed by atoms with E-state index in [0.717, 1.165) is 36.9 Å². The van der Waals surface area contributed by atoms with Crippen LogP contribution in [0.4, 0.5) is 0 Å². The van der Waals surface area contributed by atoms with Crippen LogP contribution in [0.25, 0.3) is 0 Å². The number of aryl methyl sites for hydroxylation is 1. The Hall–Kier alpha value is -2.54. The van der Waals surface area contributed by atoms with Crippen molar-refractivity contribution in [1.29, 1.82) is 0 Å². The van der Waals surface area contributed by atoms with Crippen molar-refractivity contribution in [3.63, 3.8) is 0 Å². The number of hydrogen-bond donors (Lipinski definition) is 1. The molecule has 1 aromatic carbocycles. The predicted octanol–water partition coefficient (Wildman–Crippen LogP) is 2.96. The largest absolute Gasteiger partial charge is 0.492 e. The highest BCUT2D eigenvalue weighted by Gasteiger charge is 2.25. The van der Waals surface area contributed by atoms with Crippen molar-refractivity contribution in [2.24, 2.45) is 12.0 Å². The van der Waals surface area contributed by atoms with Crippen LogP contribution < -0.4 is 10.1 Å². The van der Waals surface area contributed by atoms with E-state index in [4.69, 9.17) is 14.5 Å². The van der Waals surface area contributed by atoms with Gasteiger partial charge in [-0.1, -0.05) is 26.0 Å². The number of rotatable bonds is 7. The van der Waals surface area contributed by atoms with Crippen LogP contribution in [0.3, 0.4) is 0 Å². The second-order valence-corrected chi connectivity index (χ2v) is 7.56. The molecular weight excluding hydrogens is 366 g/mol. The van der Waals surface area contributed by atoms with Crippen molar-refractivity contribution in [2.45, 2.75) is 32.8 Å². The van der Waals surface area contributed by atoms with E-state index in [1.54, 1.807) is 0 Å². The zero-order chi connectivity index (χ0) is 20.6. The molecule has 7 heteroatoms. The minimum Gasteiger partial charge on any atom is -0.492 e. The Bertz CT molecular complexity index is 785. The van der Waals surface area contributed by atoms with E-state index >= 15 is 0 Å². The highest BCUT2D eigenvalue weighted by molar-refractivity contribution is 5.80. The summed E-state index contributed by atoms with van der Waals surface area (Å²) in [4.78, 5) is 7.01. The molecule has 3 rings (SSSR count). The molecule has 1 unspecified atom stereocenters. The van der Waals surface area contributed by atoms with Crippen LogP contribution in [0.15, 0.2) is 41.7 Å². The molecule has 1 N–H and O–H groups in total. The topological polar surface area (TPSA) is 63.9 Å². The van der Waals surface area contributed by atoms with E-state index in [9.17, 15) is 0 Å². The Labute approximate surface area is 173 Å². The molecule has 2 aromatic rings. The molecule has 0 saturated carbocycles. The summed E-state index contributed by atoms with van der Waals surface area (Å²) in [6.45, 7) is 10.7. The van der Waals surface area contributed by atoms with Gasteiger partial charge in [0, 0.05) is 31.9 Å². The molecule has 0 bridgehead atoms. The fourth-order valence-corrected chi connectivity index (χ4v) is 3.34. The Morgan fingerprint density at radius 3 is 2.79 bits per heavy atom. The Morgan fingerprint density at radius 1 is 1.34 bits per heavy atom. The maximum atomic E-state index is 5.94. The molecule has 0 amide bonds. The first kappa shape index (κ1) is 21.2. The van der Waals surface area contributed by atoms with Crippen molar-refractivity contribution < 1.29 is 9.47 Å². The molecule has 29 heavy (non-hydrogen) atoms. The Kier molecular flexibility index (Phi) is 7.52. The number of ether oxygens (including phenoxy) is 2. The third kappa shape index (κ3) is 5.97. The summed E-state index contributed by atoms with van der Waals surface area (Å²) in [5.41, 5.74) is 2.42. The quantitative estimate of drug-likeness (QED) is 0.441. The molecule has 1 aliphatic heterocycles. The molecule has 0 aliphatic carbocycles. The van der Waals surface area contributed by atoms with Gasteiger partial charge in [0.05, 0.1) is 25.9 Å². The minimum absolute atomic E-state index is 0.0111. The maximum Gasteiger partial charge on any atom is 0.194 e. The lowest BCUT2D eigenvalue weighted by atomic mass is 10.0. The summed E-state index contributed by atoms with van der Waals surface area (Å²) in [5.74, 6) is 2.32. The highest BCUT2D eigenvalue weighted by Crippen LogP contribution is 2.22. The van der Waals surface area contributed by atoms with Gasteiger partial charge in [0.2, 0.25) is 0 Å². The minimum atomic E-state index is 0.0111. The first-order valence-electron chi connectivity index (χ1n) is 10.4. The van der Waals surface area contributed by atoms with Crippen molar-refractivity contribution in [1.82, 2.24) is 20.0 Å². The maximum absolute atomic E-state index is 5.94. The van der Waals surface area contributed by atoms with E-state index in [2.05, 4.69) is 48.2 Å². The van der Waals surface area contributed by atoms with Gasteiger partial charge in [-0.3, -0.25) is 4.68 Å². The molecule has 0 spiro atoms. The molecule has 0 radical (unpaired) electrons. The second-order valence-electron chi connectivity index (χ2n) is 7.56. The van der Waals surface area contributed by atoms with Crippen LogP contribution in [0.1, 0.15) is 43.9 Å². The van der Waals surface area contributed by atoms with Crippen LogP contribution in [0.5, 0.6) is 5.75 Å². The summed E-state index contributed by atoms with van der Waals surface area (Å²) in [5, 5.41) is 7.65. The second kappa shape index (κ2) is 10.3. The molecule has 1 atom stereocenters. The van der Waals surface area contributed by atoms with E-state index in [1.165, 1.54) is 5.56 Å². The van der Waals surface area contributed by atoms with Crippen molar-refractivity contribution in [3.05, 3.63) is 47.8 Å². The van der Waals surface area contributed by atoms with Crippen molar-refractivity contribution >= 4 is 5.96 Å². The van der Waals surface area contributed by atoms with Gasteiger partial charge in [-0.15, -0.1) is 0 Å². The van der Waals surface area contributed by atoms with Crippen LogP contribution >= 0.6 is 0 Å². The van der Waals surface area contributed by atoms with E-state index in [-0.39, 0.29) is 6.10 Å². The Morgan fingerprint density at radius 2 is 2.14 bits per heavy atom. The van der Waals surface area contributed by atoms with Crippen LogP contribution in [-0.4, -0.2) is 60.0 Å². The third-order valence-corrected chi connectivity index (χ3v) is 4.97. The lowest BCUT2D eigenvalue weighted by Gasteiger charge is -2.34. The normalized spacial score (nSPS) is 17.6. The Balaban J connectivity index is 1.54. The van der Waals surface area contributed by atoms with Crippen molar-refractivity contribution in [2.75, 3.05) is 39.4 Å². The number of benzene rings is 1. The van der Waals surface area contributed by atoms with Gasteiger partial charge < -0.3 is 19.7 Å². The van der Waals surface area contributed by atoms with Crippen LogP contribution in [0, 0.1) is 0 Å². The predicted molar refractivity (Wildman–Crippen MR) is 115 cm³/mol. The summed E-state index contributed by atoms with van der Waals surface area (Å²) < 4.78 is 13.6. The standard InChI is InChI=1S/C22H33N5O2/c1-5-23-22(24-10-12-28-20-8-6-18(7-9-20)17(2)3)27-11-13-29-21(16-27)19-14-25-26(4)15-19/h6-9,14-15,17,21H,5,10-13,16H2,1-4H3,(H,23,24). The van der Waals surface area contributed by atoms with Gasteiger partial charge >= 0.3 is 0 Å². The fraction of sp³-hybridized carbons (Fsp3) is 0.545. The van der Waals surface area contributed by atoms with Crippen molar-refractivity contribution in [3.8, 4) is 5.75 Å². The number of nitrogens with one attached hydrogen (secondary N) is 1. The van der Waals surface area contributed by atoms with Crippen LogP contribution in [-0.2, 0) is 11.8 Å². The fourth-order valence-electron chi connectivity index (χ4n) is 3.34.